The summed E-state index contributed by atoms with van der Waals surface area (Å²) in [4.78, 5) is 25.1. The van der Waals surface area contributed by atoms with Crippen molar-refractivity contribution in [3.8, 4) is 0 Å². The molecule has 1 rings (SSSR count). The highest BCUT2D eigenvalue weighted by Crippen LogP contribution is 2.11. The van der Waals surface area contributed by atoms with Crippen LogP contribution in [-0.4, -0.2) is 25.1 Å². The van der Waals surface area contributed by atoms with E-state index in [1.54, 1.807) is 24.3 Å². The lowest BCUT2D eigenvalue weighted by molar-refractivity contribution is -0.117. The summed E-state index contributed by atoms with van der Waals surface area (Å²) in [6.45, 7) is 1.64. The molecule has 2 N–H and O–H groups in total. The number of carbonyl (C=O) groups is 2. The average molecular weight is 277 g/mol. The zero-order valence-corrected chi connectivity index (χ0v) is 11.2. The summed E-state index contributed by atoms with van der Waals surface area (Å²) in [6, 6.07) is 6.00. The number of rotatable bonds is 5. The largest absolute Gasteiger partial charge is 0.445 e. The number of carbonyl (C=O) groups excluding carboxylic acids is 2. The third-order valence-electron chi connectivity index (χ3n) is 2.40. The van der Waals surface area contributed by atoms with Crippen molar-refractivity contribution in [3.05, 3.63) is 40.3 Å². The minimum atomic E-state index is -0.781. The summed E-state index contributed by atoms with van der Waals surface area (Å²) in [5.41, 5.74) is 9.60. The molecule has 0 spiro atoms. The standard InChI is InChI=1S/C12H15N5O3/c1-8(16-17-13)11(18)15-10-5-3-9(4-6-10)7-20-12(19)14-2/h3-6,8H,7H2,1-2H3,(H,14,19)(H,15,18). The monoisotopic (exact) mass is 277 g/mol. The molecular formula is C12H15N5O3. The summed E-state index contributed by atoms with van der Waals surface area (Å²) in [5, 5.41) is 8.25. The third-order valence-corrected chi connectivity index (χ3v) is 2.40. The fourth-order valence-electron chi connectivity index (χ4n) is 1.28. The average Bonchev–Trinajstić information content (AvgIpc) is 2.46. The van der Waals surface area contributed by atoms with Crippen LogP contribution in [0.4, 0.5) is 10.5 Å². The maximum absolute atomic E-state index is 11.6. The van der Waals surface area contributed by atoms with E-state index in [0.29, 0.717) is 5.69 Å². The van der Waals surface area contributed by atoms with Gasteiger partial charge in [0.05, 0.1) is 0 Å². The minimum absolute atomic E-state index is 0.142. The van der Waals surface area contributed by atoms with Gasteiger partial charge in [-0.3, -0.25) is 4.79 Å². The Morgan fingerprint density at radius 3 is 2.60 bits per heavy atom. The molecule has 0 bridgehead atoms. The van der Waals surface area contributed by atoms with E-state index in [9.17, 15) is 9.59 Å². The van der Waals surface area contributed by atoms with Crippen molar-refractivity contribution in [2.45, 2.75) is 19.6 Å². The van der Waals surface area contributed by atoms with E-state index in [1.165, 1.54) is 14.0 Å². The van der Waals surface area contributed by atoms with Gasteiger partial charge >= 0.3 is 6.09 Å². The molecule has 0 aliphatic heterocycles. The van der Waals surface area contributed by atoms with E-state index in [0.717, 1.165) is 5.56 Å². The summed E-state index contributed by atoms with van der Waals surface area (Å²) in [6.07, 6.45) is -0.509. The van der Waals surface area contributed by atoms with Gasteiger partial charge < -0.3 is 15.4 Å². The number of anilines is 1. The van der Waals surface area contributed by atoms with Crippen molar-refractivity contribution in [2.75, 3.05) is 12.4 Å². The second kappa shape index (κ2) is 7.65. The molecule has 0 fully saturated rings. The number of azide groups is 1. The highest BCUT2D eigenvalue weighted by Gasteiger charge is 2.10. The lowest BCUT2D eigenvalue weighted by Crippen LogP contribution is -2.22. The number of benzene rings is 1. The van der Waals surface area contributed by atoms with Gasteiger partial charge in [0.1, 0.15) is 12.6 Å². The van der Waals surface area contributed by atoms with Gasteiger partial charge in [0.25, 0.3) is 0 Å². The van der Waals surface area contributed by atoms with Gasteiger partial charge in [-0.2, -0.15) is 0 Å². The fraction of sp³-hybridized carbons (Fsp3) is 0.333. The van der Waals surface area contributed by atoms with E-state index in [2.05, 4.69) is 20.7 Å². The zero-order chi connectivity index (χ0) is 15.0. The number of amides is 2. The first-order valence-electron chi connectivity index (χ1n) is 5.85. The number of alkyl carbamates (subject to hydrolysis) is 1. The molecule has 1 aromatic carbocycles. The van der Waals surface area contributed by atoms with Crippen LogP contribution in [0.3, 0.4) is 0 Å². The van der Waals surface area contributed by atoms with Gasteiger partial charge in [0.15, 0.2) is 0 Å². The zero-order valence-electron chi connectivity index (χ0n) is 11.2. The third kappa shape index (κ3) is 4.87. The van der Waals surface area contributed by atoms with Crippen LogP contribution in [0.1, 0.15) is 12.5 Å². The van der Waals surface area contributed by atoms with Crippen molar-refractivity contribution in [3.63, 3.8) is 0 Å². The molecule has 0 aliphatic carbocycles. The molecule has 2 amide bonds. The molecule has 20 heavy (non-hydrogen) atoms. The molecule has 8 nitrogen and oxygen atoms in total. The summed E-state index contributed by atoms with van der Waals surface area (Å²) < 4.78 is 4.88. The molecule has 0 heterocycles. The Kier molecular flexibility index (Phi) is 5.86. The maximum Gasteiger partial charge on any atom is 0.407 e. The summed E-state index contributed by atoms with van der Waals surface area (Å²) in [7, 11) is 1.48. The van der Waals surface area contributed by atoms with Crippen LogP contribution in [0, 0.1) is 0 Å². The van der Waals surface area contributed by atoms with Crippen LogP contribution in [-0.2, 0) is 16.1 Å². The predicted molar refractivity (Wildman–Crippen MR) is 72.9 cm³/mol. The van der Waals surface area contributed by atoms with Gasteiger partial charge in [-0.25, -0.2) is 4.79 Å². The number of ether oxygens (including phenoxy) is 1. The second-order valence-corrected chi connectivity index (χ2v) is 3.89. The first-order chi connectivity index (χ1) is 9.56. The lowest BCUT2D eigenvalue weighted by Gasteiger charge is -2.08. The van der Waals surface area contributed by atoms with Gasteiger partial charge in [-0.05, 0) is 30.2 Å². The Balaban J connectivity index is 2.56. The van der Waals surface area contributed by atoms with Crippen molar-refractivity contribution in [1.82, 2.24) is 5.32 Å². The quantitative estimate of drug-likeness (QED) is 0.488. The molecule has 106 valence electrons. The SMILES string of the molecule is CNC(=O)OCc1ccc(NC(=O)C(C)N=[N+]=[N-])cc1. The molecule has 0 aliphatic rings. The smallest absolute Gasteiger partial charge is 0.407 e. The van der Waals surface area contributed by atoms with Gasteiger partial charge in [-0.1, -0.05) is 17.2 Å². The van der Waals surface area contributed by atoms with E-state index < -0.39 is 18.0 Å². The predicted octanol–water partition coefficient (Wildman–Crippen LogP) is 2.18. The van der Waals surface area contributed by atoms with E-state index in [1.807, 2.05) is 0 Å². The normalized spacial score (nSPS) is 10.9. The molecule has 1 unspecified atom stereocenters. The number of hydrogen-bond acceptors (Lipinski definition) is 4. The van der Waals surface area contributed by atoms with Gasteiger partial charge in [-0.15, -0.1) is 0 Å². The highest BCUT2D eigenvalue weighted by molar-refractivity contribution is 5.94. The van der Waals surface area contributed by atoms with Crippen LogP contribution in [0.25, 0.3) is 10.4 Å². The Morgan fingerprint density at radius 1 is 1.40 bits per heavy atom. The molecule has 0 radical (unpaired) electrons. The molecule has 0 aromatic heterocycles. The van der Waals surface area contributed by atoms with Crippen LogP contribution >= 0.6 is 0 Å². The Bertz CT molecular complexity index is 522. The molecule has 1 atom stereocenters. The highest BCUT2D eigenvalue weighted by atomic mass is 16.5. The molecule has 0 saturated heterocycles. The number of hydrogen-bond donors (Lipinski definition) is 2. The molecule has 0 saturated carbocycles. The fourth-order valence-corrected chi connectivity index (χ4v) is 1.28. The number of nitrogens with zero attached hydrogens (tertiary/aromatic N) is 3. The second-order valence-electron chi connectivity index (χ2n) is 3.89. The van der Waals surface area contributed by atoms with Crippen molar-refractivity contribution in [2.24, 2.45) is 5.11 Å². The van der Waals surface area contributed by atoms with Crippen LogP contribution < -0.4 is 10.6 Å². The Labute approximate surface area is 115 Å². The topological polar surface area (TPSA) is 116 Å². The van der Waals surface area contributed by atoms with Crippen LogP contribution in [0.2, 0.25) is 0 Å². The minimum Gasteiger partial charge on any atom is -0.445 e. The first-order valence-corrected chi connectivity index (χ1v) is 5.85. The van der Waals surface area contributed by atoms with Crippen LogP contribution in [0.15, 0.2) is 29.4 Å². The summed E-state index contributed by atoms with van der Waals surface area (Å²) >= 11 is 0. The van der Waals surface area contributed by atoms with Gasteiger partial charge in [0.2, 0.25) is 5.91 Å². The maximum atomic E-state index is 11.6. The van der Waals surface area contributed by atoms with E-state index in [4.69, 9.17) is 10.3 Å². The molecule has 8 heteroatoms. The Hall–Kier alpha value is -2.73. The number of nitrogens with one attached hydrogen (secondary N) is 2. The van der Waals surface area contributed by atoms with Crippen molar-refractivity contribution >= 4 is 17.7 Å². The van der Waals surface area contributed by atoms with Gasteiger partial charge in [0, 0.05) is 17.6 Å². The first kappa shape index (κ1) is 15.3. The molecule has 1 aromatic rings. The van der Waals surface area contributed by atoms with E-state index >= 15 is 0 Å². The Morgan fingerprint density at radius 2 is 2.05 bits per heavy atom. The van der Waals surface area contributed by atoms with Crippen LogP contribution in [0.5, 0.6) is 0 Å². The van der Waals surface area contributed by atoms with Crippen molar-refractivity contribution in [1.29, 1.82) is 0 Å². The van der Waals surface area contributed by atoms with E-state index in [-0.39, 0.29) is 6.61 Å². The summed E-state index contributed by atoms with van der Waals surface area (Å²) in [5.74, 6) is -0.392. The van der Waals surface area contributed by atoms with Crippen molar-refractivity contribution < 1.29 is 14.3 Å². The molecular weight excluding hydrogens is 262 g/mol. The lowest BCUT2D eigenvalue weighted by atomic mass is 10.2.